The number of nitrogens with zero attached hydrogens (tertiary/aromatic N) is 1. The number of hydrogen-bond donors (Lipinski definition) is 2. The predicted molar refractivity (Wildman–Crippen MR) is 139 cm³/mol. The summed E-state index contributed by atoms with van der Waals surface area (Å²) in [4.78, 5) is 12.8. The topological polar surface area (TPSA) is 62.7 Å². The number of esters is 1. The van der Waals surface area contributed by atoms with E-state index in [2.05, 4.69) is 15.8 Å². The third kappa shape index (κ3) is 6.02. The van der Waals surface area contributed by atoms with Crippen LogP contribution in [0.25, 0.3) is 10.8 Å². The lowest BCUT2D eigenvalue weighted by atomic mass is 9.96. The van der Waals surface area contributed by atoms with E-state index in [4.69, 9.17) is 40.2 Å². The maximum Gasteiger partial charge on any atom is 0.345 e. The van der Waals surface area contributed by atoms with Crippen molar-refractivity contribution in [3.63, 3.8) is 0 Å². The highest BCUT2D eigenvalue weighted by Crippen LogP contribution is 2.29. The van der Waals surface area contributed by atoms with E-state index in [0.29, 0.717) is 27.5 Å². The zero-order valence-corrected chi connectivity index (χ0v) is 20.1. The first-order valence-corrected chi connectivity index (χ1v) is 12.0. The van der Waals surface area contributed by atoms with Crippen LogP contribution in [0.4, 0.5) is 0 Å². The maximum atomic E-state index is 12.8. The second-order valence-corrected chi connectivity index (χ2v) is 9.14. The molecule has 0 spiro atoms. The first kappa shape index (κ1) is 23.5. The molecular weight excluding hydrogens is 477 g/mol. The summed E-state index contributed by atoms with van der Waals surface area (Å²) < 4.78 is 5.71. The fourth-order valence-electron chi connectivity index (χ4n) is 3.93. The number of thiocarbonyl (C=S) groups is 1. The summed E-state index contributed by atoms with van der Waals surface area (Å²) in [6.45, 7) is 0. The number of ether oxygens (including phenoxy) is 1. The summed E-state index contributed by atoms with van der Waals surface area (Å²) in [6, 6.07) is 16.5. The molecule has 0 amide bonds. The average Bonchev–Trinajstić information content (AvgIpc) is 2.80. The van der Waals surface area contributed by atoms with Gasteiger partial charge < -0.3 is 10.1 Å². The minimum absolute atomic E-state index is 0.226. The van der Waals surface area contributed by atoms with Crippen molar-refractivity contribution in [1.29, 1.82) is 0 Å². The van der Waals surface area contributed by atoms with Gasteiger partial charge in [0, 0.05) is 16.6 Å². The van der Waals surface area contributed by atoms with Gasteiger partial charge in [-0.3, -0.25) is 5.43 Å². The average molecular weight is 500 g/mol. The lowest BCUT2D eigenvalue weighted by molar-refractivity contribution is 0.0735. The van der Waals surface area contributed by atoms with Gasteiger partial charge in [0.05, 0.1) is 16.8 Å². The van der Waals surface area contributed by atoms with Crippen molar-refractivity contribution in [1.82, 2.24) is 10.7 Å². The van der Waals surface area contributed by atoms with Gasteiger partial charge >= 0.3 is 5.97 Å². The van der Waals surface area contributed by atoms with Gasteiger partial charge in [-0.2, -0.15) is 5.10 Å². The largest absolute Gasteiger partial charge is 0.422 e. The molecule has 3 aromatic rings. The van der Waals surface area contributed by atoms with Crippen molar-refractivity contribution in [2.75, 3.05) is 0 Å². The Hall–Kier alpha value is -2.67. The van der Waals surface area contributed by atoms with E-state index in [9.17, 15) is 4.79 Å². The molecule has 1 aliphatic carbocycles. The normalized spacial score (nSPS) is 14.4. The van der Waals surface area contributed by atoms with Crippen molar-refractivity contribution in [2.24, 2.45) is 5.10 Å². The molecule has 5 nitrogen and oxygen atoms in total. The molecule has 4 rings (SSSR count). The lowest BCUT2D eigenvalue weighted by Gasteiger charge is -2.23. The fraction of sp³-hybridized carbons (Fsp3) is 0.240. The highest BCUT2D eigenvalue weighted by molar-refractivity contribution is 7.80. The first-order valence-electron chi connectivity index (χ1n) is 10.8. The number of halogens is 2. The molecule has 0 bridgehead atoms. The van der Waals surface area contributed by atoms with Crippen LogP contribution in [0.5, 0.6) is 5.75 Å². The van der Waals surface area contributed by atoms with Gasteiger partial charge in [0.1, 0.15) is 5.75 Å². The molecule has 0 aromatic heterocycles. The summed E-state index contributed by atoms with van der Waals surface area (Å²) in [7, 11) is 0. The van der Waals surface area contributed by atoms with Crippen LogP contribution in [-0.2, 0) is 0 Å². The van der Waals surface area contributed by atoms with Gasteiger partial charge in [0.25, 0.3) is 0 Å². The SMILES string of the molecule is O=C(Oc1ccc2ccccc2c1/C=N/NC(=S)NC1CCCCC1)c1ccc(Cl)cc1Cl. The molecule has 1 aliphatic rings. The number of carbonyl (C=O) groups excluding carboxylic acids is 1. The van der Waals surface area contributed by atoms with E-state index >= 15 is 0 Å². The standard InChI is InChI=1S/C25H23Cl2N3O2S/c26-17-11-12-20(22(27)14-17)24(31)32-23-13-10-16-6-4-5-9-19(16)21(23)15-28-30-25(33)29-18-7-2-1-3-8-18/h4-6,9-15,18H,1-3,7-8H2,(H2,29,30,33)/b28-15+. The smallest absolute Gasteiger partial charge is 0.345 e. The van der Waals surface area contributed by atoms with Crippen LogP contribution < -0.4 is 15.5 Å². The molecule has 0 atom stereocenters. The van der Waals surface area contributed by atoms with Crippen molar-refractivity contribution < 1.29 is 9.53 Å². The van der Waals surface area contributed by atoms with E-state index in [1.165, 1.54) is 25.3 Å². The molecular formula is C25H23Cl2N3O2S. The molecule has 1 saturated carbocycles. The molecule has 1 fully saturated rings. The van der Waals surface area contributed by atoms with Crippen LogP contribution in [0.15, 0.2) is 59.7 Å². The Kier molecular flexibility index (Phi) is 7.81. The van der Waals surface area contributed by atoms with Gasteiger partial charge in [-0.15, -0.1) is 0 Å². The Bertz CT molecular complexity index is 1210. The number of benzene rings is 3. The zero-order valence-electron chi connectivity index (χ0n) is 17.8. The van der Waals surface area contributed by atoms with Crippen LogP contribution in [0.1, 0.15) is 48.0 Å². The van der Waals surface area contributed by atoms with Crippen LogP contribution in [0.3, 0.4) is 0 Å². The van der Waals surface area contributed by atoms with E-state index < -0.39 is 5.97 Å². The first-order chi connectivity index (χ1) is 16.0. The second kappa shape index (κ2) is 11.0. The quantitative estimate of drug-likeness (QED) is 0.138. The number of fused-ring (bicyclic) bond motifs is 1. The molecule has 0 radical (unpaired) electrons. The van der Waals surface area contributed by atoms with E-state index in [1.54, 1.807) is 24.4 Å². The number of hydrogen-bond acceptors (Lipinski definition) is 4. The second-order valence-electron chi connectivity index (χ2n) is 7.89. The summed E-state index contributed by atoms with van der Waals surface area (Å²) in [5, 5.41) is 10.7. The van der Waals surface area contributed by atoms with Gasteiger partial charge in [0.15, 0.2) is 5.11 Å². The molecule has 170 valence electrons. The molecule has 8 heteroatoms. The van der Waals surface area contributed by atoms with E-state index in [0.717, 1.165) is 23.6 Å². The van der Waals surface area contributed by atoms with Crippen LogP contribution in [0, 0.1) is 0 Å². The zero-order chi connectivity index (χ0) is 23.2. The summed E-state index contributed by atoms with van der Waals surface area (Å²) >= 11 is 17.5. The van der Waals surface area contributed by atoms with Crippen LogP contribution in [0.2, 0.25) is 10.0 Å². The van der Waals surface area contributed by atoms with Gasteiger partial charge in [0.2, 0.25) is 0 Å². The van der Waals surface area contributed by atoms with Crippen molar-refractivity contribution in [2.45, 2.75) is 38.1 Å². The minimum Gasteiger partial charge on any atom is -0.422 e. The summed E-state index contributed by atoms with van der Waals surface area (Å²) in [6.07, 6.45) is 7.55. The Labute approximate surface area is 208 Å². The Morgan fingerprint density at radius 3 is 2.64 bits per heavy atom. The Morgan fingerprint density at radius 2 is 1.85 bits per heavy atom. The minimum atomic E-state index is -0.580. The van der Waals surface area contributed by atoms with Crippen LogP contribution >= 0.6 is 35.4 Å². The highest BCUT2D eigenvalue weighted by Gasteiger charge is 2.17. The summed E-state index contributed by atoms with van der Waals surface area (Å²) in [5.74, 6) is -0.217. The third-order valence-electron chi connectivity index (χ3n) is 5.58. The summed E-state index contributed by atoms with van der Waals surface area (Å²) in [5.41, 5.74) is 3.77. The number of rotatable bonds is 5. The van der Waals surface area contributed by atoms with Crippen molar-refractivity contribution in [3.05, 3.63) is 75.8 Å². The van der Waals surface area contributed by atoms with Crippen LogP contribution in [-0.4, -0.2) is 23.3 Å². The van der Waals surface area contributed by atoms with Crippen molar-refractivity contribution >= 4 is 63.5 Å². The predicted octanol–water partition coefficient (Wildman–Crippen LogP) is 6.50. The molecule has 0 heterocycles. The van der Waals surface area contributed by atoms with E-state index in [-0.39, 0.29) is 10.6 Å². The molecule has 0 unspecified atom stereocenters. The fourth-order valence-corrected chi connectivity index (χ4v) is 4.63. The van der Waals surface area contributed by atoms with Gasteiger partial charge in [-0.1, -0.05) is 72.8 Å². The number of carbonyl (C=O) groups is 1. The molecule has 0 aliphatic heterocycles. The Balaban J connectivity index is 1.55. The van der Waals surface area contributed by atoms with Gasteiger partial charge in [-0.05, 0) is 60.1 Å². The van der Waals surface area contributed by atoms with E-state index in [1.807, 2.05) is 30.3 Å². The maximum absolute atomic E-state index is 12.8. The van der Waals surface area contributed by atoms with Gasteiger partial charge in [-0.25, -0.2) is 4.79 Å². The molecule has 0 saturated heterocycles. The third-order valence-corrected chi connectivity index (χ3v) is 6.34. The molecule has 2 N–H and O–H groups in total. The monoisotopic (exact) mass is 499 g/mol. The molecule has 3 aromatic carbocycles. The number of nitrogens with one attached hydrogen (secondary N) is 2. The molecule has 33 heavy (non-hydrogen) atoms. The Morgan fingerprint density at radius 1 is 1.06 bits per heavy atom. The highest BCUT2D eigenvalue weighted by atomic mass is 35.5. The number of hydrazone groups is 1. The lowest BCUT2D eigenvalue weighted by Crippen LogP contribution is -2.40. The van der Waals surface area contributed by atoms with Crippen molar-refractivity contribution in [3.8, 4) is 5.75 Å².